The van der Waals surface area contributed by atoms with Crippen LogP contribution in [0.5, 0.6) is 11.5 Å². The maximum atomic E-state index is 11.8. The van der Waals surface area contributed by atoms with Gasteiger partial charge in [0.15, 0.2) is 0 Å². The van der Waals surface area contributed by atoms with Gasteiger partial charge in [-0.15, -0.1) is 22.7 Å². The molecule has 0 atom stereocenters. The van der Waals surface area contributed by atoms with E-state index < -0.39 is 0 Å². The Morgan fingerprint density at radius 3 is 1.64 bits per heavy atom. The Bertz CT molecular complexity index is 519. The van der Waals surface area contributed by atoms with Crippen LogP contribution in [0.2, 0.25) is 0 Å². The molecule has 0 bridgehead atoms. The van der Waals surface area contributed by atoms with Gasteiger partial charge in [-0.3, -0.25) is 0 Å². The van der Waals surface area contributed by atoms with E-state index in [1.165, 1.54) is 22.7 Å². The van der Waals surface area contributed by atoms with Crippen molar-refractivity contribution in [1.82, 2.24) is 0 Å². The summed E-state index contributed by atoms with van der Waals surface area (Å²) in [5, 5.41) is 28.4. The molecule has 2 nitrogen and oxygen atoms in total. The highest BCUT2D eigenvalue weighted by Crippen LogP contribution is 2.43. The predicted molar refractivity (Wildman–Crippen MR) is 56.1 cm³/mol. The molecule has 1 aromatic carbocycles. The van der Waals surface area contributed by atoms with E-state index in [-0.39, 0.29) is 11.5 Å². The summed E-state index contributed by atoms with van der Waals surface area (Å²) in [6.45, 7) is 0. The average Bonchev–Trinajstić information content (AvgIpc) is 2.82. The zero-order valence-electron chi connectivity index (χ0n) is 6.94. The molecule has 0 aliphatic rings. The maximum absolute atomic E-state index is 11.8. The molecule has 14 heavy (non-hydrogen) atoms. The molecule has 3 rings (SSSR count). The lowest BCUT2D eigenvalue weighted by molar-refractivity contribution is -0.267. The predicted octanol–water partition coefficient (Wildman–Crippen LogP) is 2.26. The summed E-state index contributed by atoms with van der Waals surface area (Å²) in [7, 11) is 0. The average molecular weight is 220 g/mol. The molecule has 0 radical (unpaired) electrons. The summed E-state index contributed by atoms with van der Waals surface area (Å²) in [6.07, 6.45) is 0. The van der Waals surface area contributed by atoms with Gasteiger partial charge in [0.05, 0.1) is 0 Å². The van der Waals surface area contributed by atoms with Crippen molar-refractivity contribution in [3.63, 3.8) is 0 Å². The van der Waals surface area contributed by atoms with E-state index in [9.17, 15) is 10.2 Å². The zero-order chi connectivity index (χ0) is 9.71. The van der Waals surface area contributed by atoms with Crippen LogP contribution in [-0.4, -0.2) is 0 Å². The molecule has 0 saturated carbocycles. The monoisotopic (exact) mass is 220 g/mol. The van der Waals surface area contributed by atoms with Crippen molar-refractivity contribution < 1.29 is 10.2 Å². The SMILES string of the molecule is [O-]c1c2ccsc2c([O-])c2ccsc12. The minimum atomic E-state index is -0.00847. The molecule has 0 fully saturated rings. The van der Waals surface area contributed by atoms with Crippen LogP contribution in [0.25, 0.3) is 20.2 Å². The van der Waals surface area contributed by atoms with Crippen molar-refractivity contribution in [3.8, 4) is 11.5 Å². The molecular formula is C10H4O2S2-2. The number of rotatable bonds is 0. The summed E-state index contributed by atoms with van der Waals surface area (Å²) >= 11 is 2.68. The summed E-state index contributed by atoms with van der Waals surface area (Å²) in [5.41, 5.74) is 0. The van der Waals surface area contributed by atoms with Gasteiger partial charge in [-0.2, -0.15) is 0 Å². The maximum Gasteiger partial charge on any atom is 0.0264 e. The fourth-order valence-electron chi connectivity index (χ4n) is 1.57. The fraction of sp³-hybridized carbons (Fsp3) is 0. The van der Waals surface area contributed by atoms with Gasteiger partial charge >= 0.3 is 0 Å². The van der Waals surface area contributed by atoms with Crippen molar-refractivity contribution in [3.05, 3.63) is 22.9 Å². The van der Waals surface area contributed by atoms with Crippen LogP contribution in [-0.2, 0) is 0 Å². The van der Waals surface area contributed by atoms with E-state index in [0.29, 0.717) is 20.2 Å². The highest BCUT2D eigenvalue weighted by atomic mass is 32.1. The standard InChI is InChI=1S/C10H6O2S2/c11-7-5-1-3-13-9(5)8(12)6-2-4-14-10(6)7/h1-4,11-12H/p-2. The van der Waals surface area contributed by atoms with Crippen LogP contribution in [0.4, 0.5) is 0 Å². The third-order valence-corrected chi connectivity index (χ3v) is 4.06. The van der Waals surface area contributed by atoms with E-state index in [0.717, 1.165) is 0 Å². The lowest BCUT2D eigenvalue weighted by Gasteiger charge is -2.16. The number of benzene rings is 1. The zero-order valence-corrected chi connectivity index (χ0v) is 8.58. The molecule has 2 heterocycles. The van der Waals surface area contributed by atoms with Crippen LogP contribution in [0, 0.1) is 0 Å². The number of thiophene rings is 2. The van der Waals surface area contributed by atoms with Gasteiger partial charge in [0.2, 0.25) is 0 Å². The summed E-state index contributed by atoms with van der Waals surface area (Å²) in [6, 6.07) is 3.45. The Morgan fingerprint density at radius 1 is 0.786 bits per heavy atom. The Hall–Kier alpha value is -1.26. The lowest BCUT2D eigenvalue weighted by atomic mass is 10.2. The summed E-state index contributed by atoms with van der Waals surface area (Å²) < 4.78 is 1.17. The van der Waals surface area contributed by atoms with Crippen molar-refractivity contribution in [2.24, 2.45) is 0 Å². The summed E-state index contributed by atoms with van der Waals surface area (Å²) in [5.74, 6) is -0.0169. The Morgan fingerprint density at radius 2 is 1.21 bits per heavy atom. The molecular weight excluding hydrogens is 216 g/mol. The van der Waals surface area contributed by atoms with Gasteiger partial charge in [0.25, 0.3) is 0 Å². The molecule has 3 aromatic rings. The van der Waals surface area contributed by atoms with E-state index in [4.69, 9.17) is 0 Å². The van der Waals surface area contributed by atoms with E-state index >= 15 is 0 Å². The minimum absolute atomic E-state index is 0.00847. The molecule has 2 aromatic heterocycles. The van der Waals surface area contributed by atoms with Gasteiger partial charge in [-0.1, -0.05) is 11.5 Å². The van der Waals surface area contributed by atoms with Crippen molar-refractivity contribution in [2.75, 3.05) is 0 Å². The van der Waals surface area contributed by atoms with E-state index in [1.807, 2.05) is 0 Å². The van der Waals surface area contributed by atoms with Gasteiger partial charge in [-0.25, -0.2) is 0 Å². The molecule has 0 aliphatic carbocycles. The molecule has 0 unspecified atom stereocenters. The van der Waals surface area contributed by atoms with Crippen molar-refractivity contribution in [2.45, 2.75) is 0 Å². The first-order valence-electron chi connectivity index (χ1n) is 4.03. The lowest BCUT2D eigenvalue weighted by Crippen LogP contribution is -1.95. The van der Waals surface area contributed by atoms with Crippen LogP contribution >= 0.6 is 22.7 Å². The van der Waals surface area contributed by atoms with E-state index in [2.05, 4.69) is 0 Å². The third-order valence-electron chi connectivity index (χ3n) is 2.23. The Balaban J connectivity index is 2.72. The fourth-order valence-corrected chi connectivity index (χ4v) is 3.26. The Labute approximate surface area is 87.7 Å². The van der Waals surface area contributed by atoms with Gasteiger partial charge < -0.3 is 10.2 Å². The quantitative estimate of drug-likeness (QED) is 0.583. The first-order valence-corrected chi connectivity index (χ1v) is 5.79. The number of hydrogen-bond donors (Lipinski definition) is 0. The van der Waals surface area contributed by atoms with Crippen LogP contribution in [0.1, 0.15) is 0 Å². The number of fused-ring (bicyclic) bond motifs is 2. The van der Waals surface area contributed by atoms with Gasteiger partial charge in [0.1, 0.15) is 0 Å². The molecule has 0 amide bonds. The molecule has 0 saturated heterocycles. The van der Waals surface area contributed by atoms with Crippen LogP contribution < -0.4 is 10.2 Å². The summed E-state index contributed by atoms with van der Waals surface area (Å²) in [4.78, 5) is 0. The third kappa shape index (κ3) is 0.844. The first-order chi connectivity index (χ1) is 6.79. The second kappa shape index (κ2) is 2.62. The van der Waals surface area contributed by atoms with E-state index in [1.54, 1.807) is 22.9 Å². The molecule has 0 spiro atoms. The van der Waals surface area contributed by atoms with Crippen molar-refractivity contribution >= 4 is 42.8 Å². The van der Waals surface area contributed by atoms with Crippen LogP contribution in [0.3, 0.4) is 0 Å². The largest absolute Gasteiger partial charge is 0.871 e. The molecule has 0 aliphatic heterocycles. The van der Waals surface area contributed by atoms with Crippen LogP contribution in [0.15, 0.2) is 22.9 Å². The second-order valence-corrected chi connectivity index (χ2v) is 4.82. The highest BCUT2D eigenvalue weighted by molar-refractivity contribution is 7.19. The highest BCUT2D eigenvalue weighted by Gasteiger charge is 2.04. The van der Waals surface area contributed by atoms with Gasteiger partial charge in [-0.05, 0) is 33.7 Å². The Kier molecular flexibility index (Phi) is 1.51. The topological polar surface area (TPSA) is 46.1 Å². The molecule has 4 heteroatoms. The minimum Gasteiger partial charge on any atom is -0.871 e. The normalized spacial score (nSPS) is 11.4. The second-order valence-electron chi connectivity index (χ2n) is 2.99. The van der Waals surface area contributed by atoms with Gasteiger partial charge in [0, 0.05) is 9.40 Å². The first kappa shape index (κ1) is 8.08. The van der Waals surface area contributed by atoms with Crippen molar-refractivity contribution in [1.29, 1.82) is 0 Å². The molecule has 0 N–H and O–H groups in total. The number of hydrogen-bond acceptors (Lipinski definition) is 4. The smallest absolute Gasteiger partial charge is 0.0264 e. The molecule has 70 valence electrons.